The predicted molar refractivity (Wildman–Crippen MR) is 121 cm³/mol. The Labute approximate surface area is 192 Å². The zero-order chi connectivity index (χ0) is 24.0. The van der Waals surface area contributed by atoms with Gasteiger partial charge in [0, 0.05) is 38.3 Å². The van der Waals surface area contributed by atoms with Gasteiger partial charge in [-0.3, -0.25) is 20.3 Å². The van der Waals surface area contributed by atoms with E-state index in [2.05, 4.69) is 29.3 Å². The topological polar surface area (TPSA) is 91.6 Å². The lowest BCUT2D eigenvalue weighted by Crippen LogP contribution is -2.55. The van der Waals surface area contributed by atoms with E-state index < -0.39 is 27.9 Å². The minimum atomic E-state index is -4.80. The summed E-state index contributed by atoms with van der Waals surface area (Å²) >= 11 is 0.885. The molecule has 0 atom stereocenters. The number of nitro benzene ring substituents is 1. The molecular weight excluding hydrogens is 459 g/mol. The molecule has 0 radical (unpaired) electrons. The fourth-order valence-electron chi connectivity index (χ4n) is 4.39. The van der Waals surface area contributed by atoms with Crippen molar-refractivity contribution in [1.82, 2.24) is 15.4 Å². The number of fused-ring (bicyclic) bond motifs is 1. The molecule has 1 aromatic carbocycles. The van der Waals surface area contributed by atoms with Gasteiger partial charge in [0.25, 0.3) is 11.2 Å². The maximum absolute atomic E-state index is 13.1. The first-order valence-electron chi connectivity index (χ1n) is 10.9. The molecule has 0 unspecified atom stereocenters. The largest absolute Gasteiger partial charge is 0.416 e. The zero-order valence-electron chi connectivity index (χ0n) is 18.4. The second kappa shape index (κ2) is 8.80. The first kappa shape index (κ1) is 23.8. The van der Waals surface area contributed by atoms with Crippen LogP contribution in [0.25, 0.3) is 10.1 Å². The van der Waals surface area contributed by atoms with E-state index in [4.69, 9.17) is 0 Å². The van der Waals surface area contributed by atoms with Gasteiger partial charge in [-0.15, -0.1) is 0 Å². The third kappa shape index (κ3) is 5.28. The van der Waals surface area contributed by atoms with Gasteiger partial charge in [-0.25, -0.2) is 5.01 Å². The highest BCUT2D eigenvalue weighted by atomic mass is 32.1. The lowest BCUT2D eigenvalue weighted by molar-refractivity contribution is -0.383. The molecule has 8 nitrogen and oxygen atoms in total. The van der Waals surface area contributed by atoms with Crippen molar-refractivity contribution < 1.29 is 18.1 Å². The van der Waals surface area contributed by atoms with Gasteiger partial charge in [0.2, 0.25) is 0 Å². The quantitative estimate of drug-likeness (QED) is 0.513. The number of hydrazine groups is 1. The van der Waals surface area contributed by atoms with E-state index in [1.165, 1.54) is 12.8 Å². The van der Waals surface area contributed by atoms with Crippen LogP contribution >= 0.6 is 11.3 Å². The first-order valence-corrected chi connectivity index (χ1v) is 11.7. The van der Waals surface area contributed by atoms with Crippen LogP contribution < -0.4 is 15.9 Å². The standard InChI is InChI=1S/C21H26F3N5O3S/c1-20(2)5-3-14(4-6-20)26-28-9-7-27(8-10-28)19-25-18(30)15-11-13(21(22,23)24)12-16(29(31)32)17(15)33-19/h11-12,14,26H,3-10H2,1-2H3. The fourth-order valence-corrected chi connectivity index (χ4v) is 5.51. The van der Waals surface area contributed by atoms with Crippen molar-refractivity contribution in [2.45, 2.75) is 51.7 Å². The van der Waals surface area contributed by atoms with Gasteiger partial charge in [0.1, 0.15) is 4.70 Å². The van der Waals surface area contributed by atoms with Crippen LogP contribution in [0.15, 0.2) is 16.9 Å². The van der Waals surface area contributed by atoms with Crippen molar-refractivity contribution in [2.24, 2.45) is 5.41 Å². The van der Waals surface area contributed by atoms with E-state index in [-0.39, 0.29) is 15.2 Å². The van der Waals surface area contributed by atoms with Crippen molar-refractivity contribution in [3.63, 3.8) is 0 Å². The van der Waals surface area contributed by atoms with E-state index in [1.807, 2.05) is 4.90 Å². The normalized spacial score (nSPS) is 20.3. The number of benzene rings is 1. The molecule has 2 fully saturated rings. The molecule has 1 aromatic heterocycles. The average molecular weight is 486 g/mol. The second-order valence-electron chi connectivity index (χ2n) is 9.47. The maximum atomic E-state index is 13.1. The van der Waals surface area contributed by atoms with E-state index in [0.29, 0.717) is 49.8 Å². The Balaban J connectivity index is 1.51. The highest BCUT2D eigenvalue weighted by Crippen LogP contribution is 2.38. The molecule has 0 spiro atoms. The Bertz CT molecular complexity index is 1100. The van der Waals surface area contributed by atoms with E-state index >= 15 is 0 Å². The Kier molecular flexibility index (Phi) is 6.36. The summed E-state index contributed by atoms with van der Waals surface area (Å²) < 4.78 is 39.3. The molecule has 0 amide bonds. The van der Waals surface area contributed by atoms with Crippen LogP contribution in [0, 0.1) is 15.5 Å². The molecule has 2 heterocycles. The minimum Gasteiger partial charge on any atom is -0.345 e. The maximum Gasteiger partial charge on any atom is 0.416 e. The van der Waals surface area contributed by atoms with Crippen LogP contribution in [0.3, 0.4) is 0 Å². The number of hydrogen-bond acceptors (Lipinski definition) is 8. The number of alkyl halides is 3. The molecule has 1 N–H and O–H groups in total. The number of hydrogen-bond donors (Lipinski definition) is 1. The minimum absolute atomic E-state index is 0.0895. The number of nitrogens with one attached hydrogen (secondary N) is 1. The highest BCUT2D eigenvalue weighted by Gasteiger charge is 2.35. The molecule has 1 saturated carbocycles. The Hall–Kier alpha value is -2.31. The van der Waals surface area contributed by atoms with Crippen LogP contribution in [0.4, 0.5) is 24.0 Å². The third-order valence-electron chi connectivity index (χ3n) is 6.47. The number of piperazine rings is 1. The van der Waals surface area contributed by atoms with Crippen molar-refractivity contribution in [3.05, 3.63) is 38.2 Å². The van der Waals surface area contributed by atoms with E-state index in [1.54, 1.807) is 0 Å². The van der Waals surface area contributed by atoms with E-state index in [9.17, 15) is 28.1 Å². The van der Waals surface area contributed by atoms with Crippen LogP contribution in [0.1, 0.15) is 45.1 Å². The van der Waals surface area contributed by atoms with Crippen LogP contribution in [0.2, 0.25) is 0 Å². The van der Waals surface area contributed by atoms with Crippen molar-refractivity contribution in [1.29, 1.82) is 0 Å². The predicted octanol–water partition coefficient (Wildman–Crippen LogP) is 4.18. The smallest absolute Gasteiger partial charge is 0.345 e. The molecule has 1 aliphatic carbocycles. The van der Waals surface area contributed by atoms with E-state index in [0.717, 1.165) is 24.2 Å². The summed E-state index contributed by atoms with van der Waals surface area (Å²) in [5, 5.41) is 13.5. The average Bonchev–Trinajstić information content (AvgIpc) is 2.74. The molecule has 1 saturated heterocycles. The van der Waals surface area contributed by atoms with Crippen LogP contribution in [-0.4, -0.2) is 47.1 Å². The summed E-state index contributed by atoms with van der Waals surface area (Å²) in [7, 11) is 0. The summed E-state index contributed by atoms with van der Waals surface area (Å²) in [5.74, 6) is 0. The Morgan fingerprint density at radius 2 is 1.82 bits per heavy atom. The monoisotopic (exact) mass is 485 g/mol. The van der Waals surface area contributed by atoms with Crippen LogP contribution in [-0.2, 0) is 6.18 Å². The molecular formula is C21H26F3N5O3S. The number of nitro groups is 1. The van der Waals surface area contributed by atoms with Gasteiger partial charge < -0.3 is 4.90 Å². The van der Waals surface area contributed by atoms with Crippen molar-refractivity contribution in [2.75, 3.05) is 31.1 Å². The zero-order valence-corrected chi connectivity index (χ0v) is 19.3. The summed E-state index contributed by atoms with van der Waals surface area (Å²) in [4.78, 5) is 28.9. The molecule has 12 heteroatoms. The van der Waals surface area contributed by atoms with Gasteiger partial charge in [-0.2, -0.15) is 18.2 Å². The first-order chi connectivity index (χ1) is 15.4. The molecule has 0 bridgehead atoms. The number of nitrogens with zero attached hydrogens (tertiary/aromatic N) is 4. The van der Waals surface area contributed by atoms with Gasteiger partial charge in [0.05, 0.1) is 15.9 Å². The van der Waals surface area contributed by atoms with Crippen molar-refractivity contribution >= 4 is 32.2 Å². The highest BCUT2D eigenvalue weighted by molar-refractivity contribution is 7.22. The second-order valence-corrected chi connectivity index (χ2v) is 10.4. The number of aromatic nitrogens is 1. The summed E-state index contributed by atoms with van der Waals surface area (Å²) in [6.07, 6.45) is -0.218. The summed E-state index contributed by atoms with van der Waals surface area (Å²) in [6.45, 7) is 7.03. The fraction of sp³-hybridized carbons (Fsp3) is 0.619. The SMILES string of the molecule is CC1(C)CCC(NN2CCN(c3nc(=O)c4cc(C(F)(F)F)cc([N+](=O)[O-])c4s3)CC2)CC1. The summed E-state index contributed by atoms with van der Waals surface area (Å²) in [6, 6.07) is 1.56. The molecule has 180 valence electrons. The van der Waals surface area contributed by atoms with Gasteiger partial charge in [0.15, 0.2) is 5.13 Å². The molecule has 1 aliphatic heterocycles. The van der Waals surface area contributed by atoms with Gasteiger partial charge in [-0.1, -0.05) is 25.2 Å². The third-order valence-corrected chi connectivity index (χ3v) is 7.63. The lowest BCUT2D eigenvalue weighted by atomic mass is 9.76. The molecule has 2 aliphatic rings. The molecule has 2 aromatic rings. The number of halogens is 3. The summed E-state index contributed by atoms with van der Waals surface area (Å²) in [5.41, 5.74) is 1.12. The molecule has 33 heavy (non-hydrogen) atoms. The number of rotatable bonds is 4. The van der Waals surface area contributed by atoms with Crippen LogP contribution in [0.5, 0.6) is 0 Å². The lowest BCUT2D eigenvalue weighted by Gasteiger charge is -2.40. The van der Waals surface area contributed by atoms with Gasteiger partial charge in [-0.05, 0) is 37.2 Å². The van der Waals surface area contributed by atoms with Crippen molar-refractivity contribution in [3.8, 4) is 0 Å². The number of anilines is 1. The Morgan fingerprint density at radius 1 is 1.18 bits per heavy atom. The Morgan fingerprint density at radius 3 is 2.39 bits per heavy atom. The van der Waals surface area contributed by atoms with Gasteiger partial charge >= 0.3 is 6.18 Å². The number of non-ortho nitro benzene ring substituents is 1. The molecule has 4 rings (SSSR count).